The van der Waals surface area contributed by atoms with E-state index in [0.29, 0.717) is 11.5 Å². The minimum absolute atomic E-state index is 0.0264. The van der Waals surface area contributed by atoms with Crippen LogP contribution in [-0.4, -0.2) is 14.1 Å². The number of benzene rings is 5. The Balaban J connectivity index is 0.000000211. The number of hydrogen-bond donors (Lipinski definition) is 2. The van der Waals surface area contributed by atoms with Gasteiger partial charge in [0.2, 0.25) is 0 Å². The predicted octanol–water partition coefficient (Wildman–Crippen LogP) is 12.6. The summed E-state index contributed by atoms with van der Waals surface area (Å²) in [6.45, 7) is 31.6. The van der Waals surface area contributed by atoms with Crippen LogP contribution in [0.1, 0.15) is 103 Å². The summed E-state index contributed by atoms with van der Waals surface area (Å²) in [5, 5.41) is 22.8. The van der Waals surface area contributed by atoms with E-state index in [1.807, 2.05) is 42.5 Å². The Morgan fingerprint density at radius 1 is 0.509 bits per heavy atom. The van der Waals surface area contributed by atoms with Gasteiger partial charge < -0.3 is 24.3 Å². The van der Waals surface area contributed by atoms with E-state index in [4.69, 9.17) is 13.2 Å². The zero-order chi connectivity index (χ0) is 38.7. The first-order chi connectivity index (χ1) is 24.8. The molecule has 2 aliphatic carbocycles. The minimum Gasteiger partial charge on any atom is -0.390 e. The van der Waals surface area contributed by atoms with Crippen molar-refractivity contribution in [2.24, 2.45) is 5.41 Å². The van der Waals surface area contributed by atoms with Crippen molar-refractivity contribution in [3.8, 4) is 44.9 Å². The fourth-order valence-electron chi connectivity index (χ4n) is 8.09. The van der Waals surface area contributed by atoms with Crippen LogP contribution in [-0.2, 0) is 35.6 Å². The van der Waals surface area contributed by atoms with Gasteiger partial charge in [0.25, 0.3) is 0 Å². The van der Waals surface area contributed by atoms with Gasteiger partial charge in [-0.2, -0.15) is 0 Å². The summed E-state index contributed by atoms with van der Waals surface area (Å²) in [5.41, 5.74) is 13.3. The molecule has 0 unspecified atom stereocenters. The van der Waals surface area contributed by atoms with Gasteiger partial charge >= 0.3 is 217 Å². The van der Waals surface area contributed by atoms with E-state index in [2.05, 4.69) is 123 Å². The number of aromatic hydroxyl groups is 2. The van der Waals surface area contributed by atoms with Crippen LogP contribution in [0.4, 0.5) is 0 Å². The molecule has 0 saturated heterocycles. The van der Waals surface area contributed by atoms with Gasteiger partial charge in [-0.3, -0.25) is 0 Å². The molecule has 7 rings (SSSR count). The largest absolute Gasteiger partial charge is 0.390 e. The molecule has 0 bridgehead atoms. The Kier molecular flexibility index (Phi) is 10.1. The summed E-state index contributed by atoms with van der Waals surface area (Å²) in [5.74, 6) is 0.663. The molecule has 0 amide bonds. The van der Waals surface area contributed by atoms with Crippen LogP contribution in [0.15, 0.2) is 114 Å². The van der Waals surface area contributed by atoms with Crippen molar-refractivity contribution in [2.45, 2.75) is 91.4 Å². The molecule has 0 atom stereocenters. The van der Waals surface area contributed by atoms with Crippen molar-refractivity contribution in [1.82, 2.24) is 0 Å². The second kappa shape index (κ2) is 13.9. The summed E-state index contributed by atoms with van der Waals surface area (Å²) in [7, 11) is 0. The Hall–Kier alpha value is -4.26. The molecule has 1 spiro atoms. The molecule has 272 valence electrons. The van der Waals surface area contributed by atoms with Gasteiger partial charge in [-0.15, -0.1) is 12.8 Å². The molecule has 3 heteroatoms. The fraction of sp³-hybridized carbons (Fsp3) is 0.300. The molecular formula is C50H52O2W-2. The number of rotatable bonds is 3. The second-order valence-electron chi connectivity index (χ2n) is 17.8. The molecule has 0 aromatic heterocycles. The van der Waals surface area contributed by atoms with Crippen molar-refractivity contribution < 1.29 is 29.6 Å². The van der Waals surface area contributed by atoms with Crippen LogP contribution in [0.2, 0.25) is 0 Å². The minimum atomic E-state index is -0.175. The van der Waals surface area contributed by atoms with Crippen LogP contribution in [0, 0.1) is 18.6 Å². The Morgan fingerprint density at radius 2 is 0.849 bits per heavy atom. The summed E-state index contributed by atoms with van der Waals surface area (Å²) in [4.78, 5) is 0. The maximum absolute atomic E-state index is 11.4. The van der Waals surface area contributed by atoms with Gasteiger partial charge in [-0.25, -0.2) is 0 Å². The van der Waals surface area contributed by atoms with E-state index in [1.165, 1.54) is 45.5 Å². The normalized spacial score (nSPS) is 14.8. The maximum atomic E-state index is 11.4. The van der Waals surface area contributed by atoms with Crippen LogP contribution in [0.5, 0.6) is 11.5 Å². The molecule has 0 heterocycles. The van der Waals surface area contributed by atoms with Crippen molar-refractivity contribution >= 4 is 3.90 Å². The standard InChI is InChI=1S/C31H38O2.C19H14.W/c1-29(2,3)19-24-20(22-15-11-17-25(27(22)32)30(4,5)6)13-10-14-21(24)23-16-12-18-26(28(23)33)31(7,8)9;1-13-11-19(12-14(13)2)17-9-5-3-7-15(17)16-8-4-6-10-18(16)19;/h10-18,32-33H,1-9H3;1-10H,11-12H2;/q;-2;. The first-order valence-electron chi connectivity index (χ1n) is 18.5. The van der Waals surface area contributed by atoms with Crippen LogP contribution >= 0.6 is 0 Å². The average molecular weight is 869 g/mol. The summed E-state index contributed by atoms with van der Waals surface area (Å²) in [6.07, 6.45) is 1.68. The zero-order valence-electron chi connectivity index (χ0n) is 32.7. The summed E-state index contributed by atoms with van der Waals surface area (Å²) >= 11 is 1.38. The molecule has 2 aliphatic rings. The number of fused-ring (bicyclic) bond motifs is 5. The predicted molar refractivity (Wildman–Crippen MR) is 219 cm³/mol. The monoisotopic (exact) mass is 868 g/mol. The first kappa shape index (κ1) is 38.5. The van der Waals surface area contributed by atoms with Gasteiger partial charge in [0.15, 0.2) is 0 Å². The van der Waals surface area contributed by atoms with Gasteiger partial charge in [0.05, 0.1) is 0 Å². The topological polar surface area (TPSA) is 40.5 Å². The molecule has 1 fully saturated rings. The van der Waals surface area contributed by atoms with Crippen molar-refractivity contribution in [3.63, 3.8) is 0 Å². The van der Waals surface area contributed by atoms with Crippen molar-refractivity contribution in [1.29, 1.82) is 0 Å². The van der Waals surface area contributed by atoms with Gasteiger partial charge in [0.1, 0.15) is 0 Å². The van der Waals surface area contributed by atoms with E-state index in [1.54, 1.807) is 0 Å². The third-order valence-electron chi connectivity index (χ3n) is 10.8. The average Bonchev–Trinajstić information content (AvgIpc) is 3.54. The molecule has 5 aromatic rings. The molecular weight excluding hydrogens is 816 g/mol. The molecule has 53 heavy (non-hydrogen) atoms. The SMILES string of the molecule is CC(C)(C)[C](=[W])c1c(-c2cccc(C(C)(C)C)c2O)cccc1-c1cccc(C(C)(C)C)c1O.[CH-]=C1CC2(CC1=[CH-])c1ccccc1-c1ccccc12. The van der Waals surface area contributed by atoms with E-state index in [9.17, 15) is 10.2 Å². The van der Waals surface area contributed by atoms with E-state index in [-0.39, 0.29) is 21.7 Å². The number of phenolic OH excluding ortho intramolecular Hbond substituents is 2. The summed E-state index contributed by atoms with van der Waals surface area (Å²) in [6, 6.07) is 35.6. The second-order valence-corrected chi connectivity index (χ2v) is 19.3. The maximum Gasteiger partial charge on any atom is -0.00613 e. The number of phenols is 2. The van der Waals surface area contributed by atoms with Crippen molar-refractivity contribution in [3.05, 3.63) is 155 Å². The molecule has 0 aliphatic heterocycles. The van der Waals surface area contributed by atoms with E-state index < -0.39 is 0 Å². The Labute approximate surface area is 328 Å². The molecule has 5 aromatic carbocycles. The third kappa shape index (κ3) is 6.97. The number of para-hydroxylation sites is 2. The third-order valence-corrected chi connectivity index (χ3v) is 13.7. The molecule has 2 N–H and O–H groups in total. The van der Waals surface area contributed by atoms with E-state index >= 15 is 0 Å². The van der Waals surface area contributed by atoms with E-state index in [0.717, 1.165) is 62.9 Å². The van der Waals surface area contributed by atoms with Crippen LogP contribution < -0.4 is 0 Å². The smallest absolute Gasteiger partial charge is 0.00613 e. The van der Waals surface area contributed by atoms with Gasteiger partial charge in [-0.05, 0) is 27.7 Å². The molecule has 0 radical (unpaired) electrons. The van der Waals surface area contributed by atoms with Crippen LogP contribution in [0.25, 0.3) is 33.4 Å². The Bertz CT molecular complexity index is 2120. The summed E-state index contributed by atoms with van der Waals surface area (Å²) < 4.78 is 1.29. The van der Waals surface area contributed by atoms with Crippen molar-refractivity contribution in [2.75, 3.05) is 0 Å². The zero-order valence-corrected chi connectivity index (χ0v) is 35.6. The quantitative estimate of drug-likeness (QED) is 0.177. The molecule has 1 saturated carbocycles. The van der Waals surface area contributed by atoms with Crippen LogP contribution in [0.3, 0.4) is 0 Å². The molecule has 2 nitrogen and oxygen atoms in total. The van der Waals surface area contributed by atoms with Gasteiger partial charge in [0, 0.05) is 0 Å². The van der Waals surface area contributed by atoms with Gasteiger partial charge in [-0.1, -0.05) is 48.5 Å². The fourth-order valence-corrected chi connectivity index (χ4v) is 8.88. The number of hydrogen-bond acceptors (Lipinski definition) is 2. The first-order valence-corrected chi connectivity index (χ1v) is 20.0. The number of allylic oxidation sites excluding steroid dienone is 2. The Morgan fingerprint density at radius 3 is 1.23 bits per heavy atom.